The molecule has 0 fully saturated rings. The first kappa shape index (κ1) is 14.7. The predicted molar refractivity (Wildman–Crippen MR) is 90.8 cm³/mol. The molecule has 0 radical (unpaired) electrons. The molecule has 0 aliphatic carbocycles. The minimum atomic E-state index is 0.735. The first-order valence-corrected chi connectivity index (χ1v) is 7.71. The van der Waals surface area contributed by atoms with E-state index in [2.05, 4.69) is 49.3 Å². The molecule has 0 bridgehead atoms. The molecule has 1 N–H and O–H groups in total. The van der Waals surface area contributed by atoms with Crippen molar-refractivity contribution < 1.29 is 0 Å². The van der Waals surface area contributed by atoms with Crippen LogP contribution in [0.5, 0.6) is 0 Å². The number of hydrogen-bond donors (Lipinski definition) is 1. The highest BCUT2D eigenvalue weighted by Gasteiger charge is 2.07. The molecule has 0 saturated carbocycles. The number of aromatic nitrogens is 4. The van der Waals surface area contributed by atoms with Crippen molar-refractivity contribution in [1.29, 1.82) is 0 Å². The predicted octanol–water partition coefficient (Wildman–Crippen LogP) is 4.09. The van der Waals surface area contributed by atoms with Crippen molar-refractivity contribution in [3.05, 3.63) is 58.1 Å². The molecule has 0 spiro atoms. The van der Waals surface area contributed by atoms with Crippen LogP contribution in [0.2, 0.25) is 0 Å². The van der Waals surface area contributed by atoms with E-state index in [1.165, 1.54) is 0 Å². The van der Waals surface area contributed by atoms with Gasteiger partial charge in [-0.15, -0.1) is 0 Å². The smallest absolute Gasteiger partial charge is 0.159 e. The Balaban J connectivity index is 1.91. The maximum Gasteiger partial charge on any atom is 0.159 e. The van der Waals surface area contributed by atoms with Gasteiger partial charge in [0.25, 0.3) is 0 Å². The van der Waals surface area contributed by atoms with E-state index in [0.29, 0.717) is 0 Å². The molecular weight excluding hydrogens is 342 g/mol. The second-order valence-electron chi connectivity index (χ2n) is 5.19. The molecule has 0 aliphatic rings. The number of nitrogens with zero attached hydrogens (tertiary/aromatic N) is 4. The number of nitrogens with one attached hydrogen (secondary N) is 1. The summed E-state index contributed by atoms with van der Waals surface area (Å²) in [5.74, 6) is 1.48. The van der Waals surface area contributed by atoms with Crippen LogP contribution in [0, 0.1) is 20.8 Å². The van der Waals surface area contributed by atoms with Gasteiger partial charge in [0, 0.05) is 21.9 Å². The Morgan fingerprint density at radius 1 is 1.05 bits per heavy atom. The minimum Gasteiger partial charge on any atom is -0.340 e. The topological polar surface area (TPSA) is 55.6 Å². The Morgan fingerprint density at radius 2 is 1.86 bits per heavy atom. The lowest BCUT2D eigenvalue weighted by Gasteiger charge is -2.09. The fourth-order valence-corrected chi connectivity index (χ4v) is 2.51. The van der Waals surface area contributed by atoms with E-state index in [-0.39, 0.29) is 0 Å². The van der Waals surface area contributed by atoms with E-state index in [1.54, 1.807) is 6.33 Å². The van der Waals surface area contributed by atoms with E-state index in [1.807, 2.05) is 42.8 Å². The zero-order valence-corrected chi connectivity index (χ0v) is 14.2. The summed E-state index contributed by atoms with van der Waals surface area (Å²) in [4.78, 5) is 8.57. The molecule has 0 atom stereocenters. The van der Waals surface area contributed by atoms with E-state index < -0.39 is 0 Å². The highest BCUT2D eigenvalue weighted by atomic mass is 79.9. The van der Waals surface area contributed by atoms with E-state index in [4.69, 9.17) is 0 Å². The van der Waals surface area contributed by atoms with Crippen molar-refractivity contribution in [2.75, 3.05) is 5.32 Å². The first-order valence-electron chi connectivity index (χ1n) is 6.92. The van der Waals surface area contributed by atoms with Gasteiger partial charge < -0.3 is 5.32 Å². The molecule has 2 aromatic heterocycles. The van der Waals surface area contributed by atoms with Crippen molar-refractivity contribution in [3.63, 3.8) is 0 Å². The molecule has 3 rings (SSSR count). The summed E-state index contributed by atoms with van der Waals surface area (Å²) in [7, 11) is 0. The molecule has 22 heavy (non-hydrogen) atoms. The second kappa shape index (κ2) is 5.88. The Hall–Kier alpha value is -2.21. The molecule has 2 heterocycles. The summed E-state index contributed by atoms with van der Waals surface area (Å²) >= 11 is 3.50. The lowest BCUT2D eigenvalue weighted by molar-refractivity contribution is 0.801. The van der Waals surface area contributed by atoms with Crippen molar-refractivity contribution >= 4 is 27.4 Å². The third-order valence-electron chi connectivity index (χ3n) is 3.31. The van der Waals surface area contributed by atoms with Crippen LogP contribution >= 0.6 is 15.9 Å². The zero-order chi connectivity index (χ0) is 15.7. The fraction of sp³-hybridized carbons (Fsp3) is 0.188. The summed E-state index contributed by atoms with van der Waals surface area (Å²) in [5, 5.41) is 7.74. The van der Waals surface area contributed by atoms with Crippen LogP contribution in [-0.4, -0.2) is 19.7 Å². The Morgan fingerprint density at radius 3 is 2.55 bits per heavy atom. The maximum atomic E-state index is 4.45. The molecule has 1 aromatic carbocycles. The van der Waals surface area contributed by atoms with Crippen LogP contribution in [0.25, 0.3) is 5.82 Å². The van der Waals surface area contributed by atoms with Crippen LogP contribution in [-0.2, 0) is 0 Å². The molecular formula is C16H16BrN5. The van der Waals surface area contributed by atoms with E-state index in [9.17, 15) is 0 Å². The molecule has 6 heteroatoms. The average Bonchev–Trinajstić information content (AvgIpc) is 2.82. The van der Waals surface area contributed by atoms with Crippen molar-refractivity contribution in [2.24, 2.45) is 0 Å². The number of hydrogen-bond acceptors (Lipinski definition) is 4. The quantitative estimate of drug-likeness (QED) is 0.766. The summed E-state index contributed by atoms with van der Waals surface area (Å²) in [6.45, 7) is 6.03. The van der Waals surface area contributed by atoms with Crippen molar-refractivity contribution in [3.8, 4) is 5.82 Å². The maximum absolute atomic E-state index is 4.45. The average molecular weight is 358 g/mol. The van der Waals surface area contributed by atoms with Crippen molar-refractivity contribution in [2.45, 2.75) is 20.8 Å². The lowest BCUT2D eigenvalue weighted by Crippen LogP contribution is -2.04. The van der Waals surface area contributed by atoms with Gasteiger partial charge >= 0.3 is 0 Å². The summed E-state index contributed by atoms with van der Waals surface area (Å²) in [5.41, 5.74) is 4.16. The van der Waals surface area contributed by atoms with Gasteiger partial charge in [-0.2, -0.15) is 5.10 Å². The lowest BCUT2D eigenvalue weighted by atomic mass is 10.2. The van der Waals surface area contributed by atoms with Gasteiger partial charge in [0.05, 0.1) is 5.69 Å². The summed E-state index contributed by atoms with van der Waals surface area (Å²) in [6, 6.07) is 9.99. The van der Waals surface area contributed by atoms with Gasteiger partial charge in [-0.25, -0.2) is 14.6 Å². The standard InChI is InChI=1S/C16H16BrN5/c1-10-6-13(4-5-14(10)17)20-15-8-16(19-9-18-15)22-12(3)7-11(2)21-22/h4-9H,1-3H3,(H,18,19,20). The number of rotatable bonds is 3. The van der Waals surface area contributed by atoms with Crippen molar-refractivity contribution in [1.82, 2.24) is 19.7 Å². The normalized spacial score (nSPS) is 10.7. The van der Waals surface area contributed by atoms with Gasteiger partial charge in [-0.3, -0.25) is 0 Å². The molecule has 0 aliphatic heterocycles. The molecule has 3 aromatic rings. The molecule has 0 unspecified atom stereocenters. The number of aryl methyl sites for hydroxylation is 3. The molecule has 0 amide bonds. The minimum absolute atomic E-state index is 0.735. The highest BCUT2D eigenvalue weighted by molar-refractivity contribution is 9.10. The Kier molecular flexibility index (Phi) is 3.94. The van der Waals surface area contributed by atoms with Gasteiger partial charge in [0.15, 0.2) is 5.82 Å². The first-order chi connectivity index (χ1) is 10.5. The SMILES string of the molecule is Cc1cc(C)n(-c2cc(Nc3ccc(Br)c(C)c3)ncn2)n1. The summed E-state index contributed by atoms with van der Waals surface area (Å²) in [6.07, 6.45) is 1.54. The largest absolute Gasteiger partial charge is 0.340 e. The molecule has 5 nitrogen and oxygen atoms in total. The zero-order valence-electron chi connectivity index (χ0n) is 12.6. The van der Waals surface area contributed by atoms with E-state index >= 15 is 0 Å². The van der Waals surface area contributed by atoms with E-state index in [0.717, 1.165) is 38.7 Å². The van der Waals surface area contributed by atoms with Gasteiger partial charge in [0.2, 0.25) is 0 Å². The Bertz CT molecular complexity index is 825. The highest BCUT2D eigenvalue weighted by Crippen LogP contribution is 2.22. The second-order valence-corrected chi connectivity index (χ2v) is 6.04. The number of anilines is 2. The van der Waals surface area contributed by atoms with Crippen LogP contribution in [0.3, 0.4) is 0 Å². The third-order valence-corrected chi connectivity index (χ3v) is 4.20. The summed E-state index contributed by atoms with van der Waals surface area (Å²) < 4.78 is 2.90. The van der Waals surface area contributed by atoms with Crippen LogP contribution in [0.15, 0.2) is 41.1 Å². The number of halogens is 1. The van der Waals surface area contributed by atoms with Crippen LogP contribution < -0.4 is 5.32 Å². The van der Waals surface area contributed by atoms with Gasteiger partial charge in [0.1, 0.15) is 12.1 Å². The fourth-order valence-electron chi connectivity index (χ4n) is 2.26. The number of benzene rings is 1. The van der Waals surface area contributed by atoms with Gasteiger partial charge in [-0.1, -0.05) is 15.9 Å². The van der Waals surface area contributed by atoms with Crippen LogP contribution in [0.4, 0.5) is 11.5 Å². The molecule has 112 valence electrons. The van der Waals surface area contributed by atoms with Gasteiger partial charge in [-0.05, 0) is 50.6 Å². The van der Waals surface area contributed by atoms with Crippen LogP contribution in [0.1, 0.15) is 17.0 Å². The monoisotopic (exact) mass is 357 g/mol. The Labute approximate surface area is 137 Å². The molecule has 0 saturated heterocycles. The third kappa shape index (κ3) is 3.01.